The van der Waals surface area contributed by atoms with E-state index in [0.717, 1.165) is 0 Å². The largest absolute Gasteiger partial charge is 0.320 e. The Morgan fingerprint density at radius 2 is 1.95 bits per heavy atom. The average molecular weight is 310 g/mol. The van der Waals surface area contributed by atoms with Crippen molar-refractivity contribution in [2.75, 3.05) is 10.7 Å². The zero-order chi connectivity index (χ0) is 15.2. The van der Waals surface area contributed by atoms with Gasteiger partial charge in [-0.2, -0.15) is 8.78 Å². The van der Waals surface area contributed by atoms with E-state index in [1.165, 1.54) is 12.1 Å². The van der Waals surface area contributed by atoms with Crippen LogP contribution in [0, 0.1) is 0 Å². The second-order valence-electron chi connectivity index (χ2n) is 3.88. The van der Waals surface area contributed by atoms with Crippen LogP contribution < -0.4 is 16.6 Å². The molecule has 0 radical (unpaired) electrons. The lowest BCUT2D eigenvalue weighted by Gasteiger charge is -2.10. The number of nitrogen functional groups attached to an aromatic ring is 1. The third-order valence-corrected chi connectivity index (χ3v) is 3.27. The first-order chi connectivity index (χ1) is 10.1. The van der Waals surface area contributed by atoms with Gasteiger partial charge in [-0.25, -0.2) is 10.8 Å². The molecule has 8 heteroatoms. The summed E-state index contributed by atoms with van der Waals surface area (Å²) >= 11 is 0.369. The van der Waals surface area contributed by atoms with Gasteiger partial charge in [-0.3, -0.25) is 4.79 Å². The first-order valence-electron chi connectivity index (χ1n) is 5.89. The number of aromatic nitrogens is 1. The monoisotopic (exact) mass is 310 g/mol. The van der Waals surface area contributed by atoms with Gasteiger partial charge in [0, 0.05) is 4.90 Å². The van der Waals surface area contributed by atoms with Crippen LogP contribution in [0.15, 0.2) is 47.4 Å². The Morgan fingerprint density at radius 1 is 1.19 bits per heavy atom. The van der Waals surface area contributed by atoms with E-state index in [-0.39, 0.29) is 10.6 Å². The molecule has 110 valence electrons. The number of pyridine rings is 1. The number of rotatable bonds is 5. The van der Waals surface area contributed by atoms with Crippen LogP contribution in [0.5, 0.6) is 0 Å². The highest BCUT2D eigenvalue weighted by Crippen LogP contribution is 2.31. The number of carbonyl (C=O) groups is 1. The Balaban J connectivity index is 2.19. The molecule has 21 heavy (non-hydrogen) atoms. The van der Waals surface area contributed by atoms with E-state index in [9.17, 15) is 13.6 Å². The number of hydrogen-bond acceptors (Lipinski definition) is 5. The van der Waals surface area contributed by atoms with Crippen LogP contribution in [0.25, 0.3) is 0 Å². The molecule has 0 spiro atoms. The number of nitrogens with two attached hydrogens (primary N) is 1. The van der Waals surface area contributed by atoms with Crippen molar-refractivity contribution in [3.8, 4) is 0 Å². The number of carbonyl (C=O) groups excluding carboxylic acids is 1. The zero-order valence-electron chi connectivity index (χ0n) is 10.7. The number of thioether (sulfide) groups is 1. The van der Waals surface area contributed by atoms with Gasteiger partial charge in [0.25, 0.3) is 11.7 Å². The van der Waals surface area contributed by atoms with Crippen LogP contribution in [-0.4, -0.2) is 16.6 Å². The first-order valence-corrected chi connectivity index (χ1v) is 6.77. The first kappa shape index (κ1) is 15.2. The minimum atomic E-state index is -2.56. The topological polar surface area (TPSA) is 80.0 Å². The molecule has 2 rings (SSSR count). The fraction of sp³-hybridized carbons (Fsp3) is 0.0769. The van der Waals surface area contributed by atoms with Crippen molar-refractivity contribution in [3.63, 3.8) is 0 Å². The van der Waals surface area contributed by atoms with E-state index in [4.69, 9.17) is 5.84 Å². The maximum Gasteiger partial charge on any atom is 0.288 e. The van der Waals surface area contributed by atoms with Crippen molar-refractivity contribution < 1.29 is 13.6 Å². The van der Waals surface area contributed by atoms with E-state index in [0.29, 0.717) is 23.3 Å². The highest BCUT2D eigenvalue weighted by Gasteiger charge is 2.13. The van der Waals surface area contributed by atoms with Crippen LogP contribution in [-0.2, 0) is 0 Å². The molecule has 1 aromatic carbocycles. The summed E-state index contributed by atoms with van der Waals surface area (Å²) < 4.78 is 25.0. The van der Waals surface area contributed by atoms with Crippen LogP contribution in [0.3, 0.4) is 0 Å². The number of nitrogens with zero attached hydrogens (tertiary/aromatic N) is 1. The number of nitrogens with one attached hydrogen (secondary N) is 2. The summed E-state index contributed by atoms with van der Waals surface area (Å²) in [4.78, 5) is 16.3. The predicted octanol–water partition coefficient (Wildman–Crippen LogP) is 2.93. The molecule has 0 atom stereocenters. The van der Waals surface area contributed by atoms with Gasteiger partial charge in [-0.1, -0.05) is 30.0 Å². The van der Waals surface area contributed by atoms with Crippen LogP contribution in [0.2, 0.25) is 0 Å². The van der Waals surface area contributed by atoms with Crippen LogP contribution in [0.1, 0.15) is 10.5 Å². The Labute approximate surface area is 123 Å². The molecular weight excluding hydrogens is 298 g/mol. The second-order valence-corrected chi connectivity index (χ2v) is 4.91. The van der Waals surface area contributed by atoms with E-state index in [1.807, 2.05) is 0 Å². The number of para-hydroxylation sites is 1. The van der Waals surface area contributed by atoms with Gasteiger partial charge in [-0.15, -0.1) is 0 Å². The SMILES string of the molecule is NNc1cccc(C(=O)Nc2ccccc2SC(F)F)n1. The molecule has 1 heterocycles. The molecule has 0 aliphatic rings. The molecular formula is C13H12F2N4OS. The van der Waals surface area contributed by atoms with Gasteiger partial charge in [0.15, 0.2) is 0 Å². The summed E-state index contributed by atoms with van der Waals surface area (Å²) in [5.74, 6) is 2.48. The predicted molar refractivity (Wildman–Crippen MR) is 78.3 cm³/mol. The van der Waals surface area contributed by atoms with Crippen molar-refractivity contribution in [2.24, 2.45) is 5.84 Å². The van der Waals surface area contributed by atoms with Crippen LogP contribution >= 0.6 is 11.8 Å². The molecule has 0 bridgehead atoms. The molecule has 0 aliphatic heterocycles. The van der Waals surface area contributed by atoms with E-state index in [2.05, 4.69) is 15.7 Å². The third kappa shape index (κ3) is 4.14. The lowest BCUT2D eigenvalue weighted by Crippen LogP contribution is -2.16. The summed E-state index contributed by atoms with van der Waals surface area (Å²) in [5, 5.41) is 2.56. The lowest BCUT2D eigenvalue weighted by atomic mass is 10.3. The average Bonchev–Trinajstić information content (AvgIpc) is 2.48. The molecule has 5 nitrogen and oxygen atoms in total. The Morgan fingerprint density at radius 3 is 2.67 bits per heavy atom. The van der Waals surface area contributed by atoms with Crippen molar-refractivity contribution in [1.29, 1.82) is 0 Å². The van der Waals surface area contributed by atoms with Crippen molar-refractivity contribution in [1.82, 2.24) is 4.98 Å². The van der Waals surface area contributed by atoms with E-state index < -0.39 is 11.7 Å². The maximum atomic E-state index is 12.5. The second kappa shape index (κ2) is 7.00. The minimum Gasteiger partial charge on any atom is -0.320 e. The molecule has 0 fully saturated rings. The molecule has 0 saturated heterocycles. The van der Waals surface area contributed by atoms with Crippen molar-refractivity contribution in [2.45, 2.75) is 10.7 Å². The van der Waals surface area contributed by atoms with Gasteiger partial charge >= 0.3 is 0 Å². The summed E-state index contributed by atoms with van der Waals surface area (Å²) in [5.41, 5.74) is 2.76. The van der Waals surface area contributed by atoms with Gasteiger partial charge in [0.05, 0.1) is 5.69 Å². The molecule has 1 amide bonds. The van der Waals surface area contributed by atoms with Gasteiger partial charge < -0.3 is 10.7 Å². The molecule has 0 aliphatic carbocycles. The van der Waals surface area contributed by atoms with Gasteiger partial charge in [-0.05, 0) is 24.3 Å². The standard InChI is InChI=1S/C13H12F2N4OS/c14-13(15)21-10-6-2-1-4-8(10)18-12(20)9-5-3-7-11(17-9)19-16/h1-7,13H,16H2,(H,17,19)(H,18,20). The fourth-order valence-corrected chi connectivity index (χ4v) is 2.19. The Hall–Kier alpha value is -2.19. The normalized spacial score (nSPS) is 10.5. The zero-order valence-corrected chi connectivity index (χ0v) is 11.5. The van der Waals surface area contributed by atoms with Crippen molar-refractivity contribution >= 4 is 29.2 Å². The summed E-state index contributed by atoms with van der Waals surface area (Å²) in [6.07, 6.45) is 0. The van der Waals surface area contributed by atoms with E-state index in [1.54, 1.807) is 30.3 Å². The lowest BCUT2D eigenvalue weighted by molar-refractivity contribution is 0.102. The minimum absolute atomic E-state index is 0.127. The molecule has 0 saturated carbocycles. The number of hydrazine groups is 1. The number of amides is 1. The molecule has 4 N–H and O–H groups in total. The van der Waals surface area contributed by atoms with Crippen molar-refractivity contribution in [3.05, 3.63) is 48.2 Å². The number of benzene rings is 1. The number of alkyl halides is 2. The fourth-order valence-electron chi connectivity index (χ4n) is 1.60. The Bertz CT molecular complexity index is 639. The maximum absolute atomic E-state index is 12.5. The third-order valence-electron chi connectivity index (χ3n) is 2.48. The van der Waals surface area contributed by atoms with Crippen LogP contribution in [0.4, 0.5) is 20.3 Å². The molecule has 0 unspecified atom stereocenters. The highest BCUT2D eigenvalue weighted by molar-refractivity contribution is 7.99. The molecule has 2 aromatic rings. The quantitative estimate of drug-likeness (QED) is 0.449. The number of anilines is 2. The Kier molecular flexibility index (Phi) is 5.07. The number of halogens is 2. The van der Waals surface area contributed by atoms with Gasteiger partial charge in [0.1, 0.15) is 11.5 Å². The van der Waals surface area contributed by atoms with Gasteiger partial charge in [0.2, 0.25) is 0 Å². The molecule has 1 aromatic heterocycles. The summed E-state index contributed by atoms with van der Waals surface area (Å²) in [7, 11) is 0. The van der Waals surface area contributed by atoms with E-state index >= 15 is 0 Å². The number of hydrogen-bond donors (Lipinski definition) is 3. The summed E-state index contributed by atoms with van der Waals surface area (Å²) in [6.45, 7) is 0. The smallest absolute Gasteiger partial charge is 0.288 e. The summed E-state index contributed by atoms with van der Waals surface area (Å²) in [6, 6.07) is 11.0. The highest BCUT2D eigenvalue weighted by atomic mass is 32.2.